The summed E-state index contributed by atoms with van der Waals surface area (Å²) in [6.07, 6.45) is 13.0. The Morgan fingerprint density at radius 3 is 1.96 bits per heavy atom. The summed E-state index contributed by atoms with van der Waals surface area (Å²) in [6, 6.07) is 6.45. The second-order valence-corrected chi connectivity index (χ2v) is 11.0. The maximum absolute atomic E-state index is 13.4. The highest BCUT2D eigenvalue weighted by Crippen LogP contribution is 2.40. The highest BCUT2D eigenvalue weighted by atomic mass is 16.5. The number of hydrogen-bond acceptors (Lipinski definition) is 9. The van der Waals surface area contributed by atoms with Crippen molar-refractivity contribution >= 4 is 35.6 Å². The lowest BCUT2D eigenvalue weighted by Crippen LogP contribution is -2.32. The third-order valence-electron chi connectivity index (χ3n) is 7.99. The number of carbonyl (C=O) groups is 2. The van der Waals surface area contributed by atoms with Crippen LogP contribution < -0.4 is 24.7 Å². The van der Waals surface area contributed by atoms with Gasteiger partial charge in [0.1, 0.15) is 0 Å². The first-order valence-corrected chi connectivity index (χ1v) is 15.1. The molecule has 0 aromatic heterocycles. The average Bonchev–Trinajstić information content (AvgIpc) is 3.62. The van der Waals surface area contributed by atoms with Crippen LogP contribution in [-0.4, -0.2) is 80.1 Å². The second-order valence-electron chi connectivity index (χ2n) is 11.0. The van der Waals surface area contributed by atoms with Gasteiger partial charge in [0.25, 0.3) is 11.8 Å². The highest BCUT2D eigenvalue weighted by Gasteiger charge is 2.34. The monoisotopic (exact) mass is 621 g/mol. The number of nitrogens with two attached hydrogens (primary N) is 1. The number of ether oxygens (including phenoxy) is 4. The number of amides is 2. The van der Waals surface area contributed by atoms with Gasteiger partial charge in [-0.15, -0.1) is 0 Å². The Hall–Kier alpha value is -5.34. The minimum Gasteiger partial charge on any atom is -0.493 e. The molecule has 0 unspecified atom stereocenters. The molecule has 46 heavy (non-hydrogen) atoms. The maximum Gasteiger partial charge on any atom is 0.260 e. The van der Waals surface area contributed by atoms with E-state index in [9.17, 15) is 9.59 Å². The van der Waals surface area contributed by atoms with Crippen LogP contribution >= 0.6 is 0 Å². The molecular formula is C35H35N5O6. The van der Waals surface area contributed by atoms with Crippen molar-refractivity contribution in [3.63, 3.8) is 0 Å². The summed E-state index contributed by atoms with van der Waals surface area (Å²) in [5.41, 5.74) is 9.33. The van der Waals surface area contributed by atoms with Gasteiger partial charge in [-0.1, -0.05) is 24.0 Å². The first kappa shape index (κ1) is 30.7. The molecule has 11 nitrogen and oxygen atoms in total. The van der Waals surface area contributed by atoms with E-state index < -0.39 is 0 Å². The van der Waals surface area contributed by atoms with E-state index in [0.29, 0.717) is 78.0 Å². The standard InChI is InChI=1S/C35H35N5O6/c1-4-7-22-12-24-18-37-28-16-32(30(43-2)14-26(28)34(41)39(24)20-22)45-10-6-11-46-33-17-29-27(15-31(33)44-3)35(42)40-21-23(8-5-9-36)13-25(40)19-38-29/h4,7,14-21,24-25H,6,9-13,36H2,1-3H3/b7-4+/t24-,25-/m0/s1. The fourth-order valence-corrected chi connectivity index (χ4v) is 5.78. The van der Waals surface area contributed by atoms with E-state index in [2.05, 4.69) is 21.8 Å². The molecule has 4 aliphatic rings. The summed E-state index contributed by atoms with van der Waals surface area (Å²) >= 11 is 0. The fraction of sp³-hybridized carbons (Fsp3) is 0.314. The van der Waals surface area contributed by atoms with E-state index in [1.54, 1.807) is 46.5 Å². The maximum atomic E-state index is 13.4. The first-order chi connectivity index (χ1) is 22.4. The van der Waals surface area contributed by atoms with Gasteiger partial charge in [-0.3, -0.25) is 19.6 Å². The molecule has 2 amide bonds. The van der Waals surface area contributed by atoms with E-state index >= 15 is 0 Å². The van der Waals surface area contributed by atoms with E-state index in [4.69, 9.17) is 24.7 Å². The Morgan fingerprint density at radius 2 is 1.41 bits per heavy atom. The molecule has 4 aliphatic heterocycles. The van der Waals surface area contributed by atoms with Crippen molar-refractivity contribution in [3.05, 3.63) is 71.1 Å². The smallest absolute Gasteiger partial charge is 0.260 e. The van der Waals surface area contributed by atoms with Crippen molar-refractivity contribution in [2.45, 2.75) is 38.3 Å². The van der Waals surface area contributed by atoms with Crippen LogP contribution in [0, 0.1) is 11.8 Å². The van der Waals surface area contributed by atoms with Gasteiger partial charge < -0.3 is 34.5 Å². The van der Waals surface area contributed by atoms with Gasteiger partial charge >= 0.3 is 0 Å². The third-order valence-corrected chi connectivity index (χ3v) is 7.99. The number of rotatable bonds is 9. The molecular weight excluding hydrogens is 586 g/mol. The summed E-state index contributed by atoms with van der Waals surface area (Å²) in [7, 11) is 3.07. The molecule has 0 bridgehead atoms. The van der Waals surface area contributed by atoms with E-state index in [1.165, 1.54) is 14.2 Å². The summed E-state index contributed by atoms with van der Waals surface area (Å²) in [4.78, 5) is 39.3. The van der Waals surface area contributed by atoms with Gasteiger partial charge in [-0.2, -0.15) is 0 Å². The number of carbonyl (C=O) groups excluding carboxylic acids is 2. The third kappa shape index (κ3) is 5.99. The summed E-state index contributed by atoms with van der Waals surface area (Å²) in [6.45, 7) is 2.85. The largest absolute Gasteiger partial charge is 0.493 e. The molecule has 2 aromatic carbocycles. The van der Waals surface area contributed by atoms with Gasteiger partial charge in [-0.25, -0.2) is 0 Å². The average molecular weight is 622 g/mol. The van der Waals surface area contributed by atoms with Crippen molar-refractivity contribution < 1.29 is 28.5 Å². The Labute approximate surface area is 267 Å². The van der Waals surface area contributed by atoms with Crippen LogP contribution in [0.3, 0.4) is 0 Å². The number of methoxy groups -OCH3 is 2. The van der Waals surface area contributed by atoms with Crippen molar-refractivity contribution in [1.82, 2.24) is 9.80 Å². The zero-order chi connectivity index (χ0) is 32.2. The van der Waals surface area contributed by atoms with Crippen LogP contribution in [0.15, 0.2) is 69.9 Å². The normalized spacial score (nSPS) is 19.3. The molecule has 236 valence electrons. The zero-order valence-corrected chi connectivity index (χ0v) is 26.0. The lowest BCUT2D eigenvalue weighted by atomic mass is 10.1. The molecule has 0 spiro atoms. The summed E-state index contributed by atoms with van der Waals surface area (Å²) in [5.74, 6) is 7.38. The molecule has 11 heteroatoms. The number of benzene rings is 2. The van der Waals surface area contributed by atoms with Crippen LogP contribution in [-0.2, 0) is 0 Å². The molecule has 4 heterocycles. The molecule has 0 saturated heterocycles. The molecule has 0 aliphatic carbocycles. The molecule has 2 atom stereocenters. The predicted molar refractivity (Wildman–Crippen MR) is 175 cm³/mol. The Balaban J connectivity index is 1.10. The van der Waals surface area contributed by atoms with Crippen molar-refractivity contribution in [3.8, 4) is 34.8 Å². The quantitative estimate of drug-likeness (QED) is 0.317. The number of fused-ring (bicyclic) bond motifs is 4. The van der Waals surface area contributed by atoms with Gasteiger partial charge in [0.05, 0.1) is 68.6 Å². The van der Waals surface area contributed by atoms with Gasteiger partial charge in [0.2, 0.25) is 0 Å². The first-order valence-electron chi connectivity index (χ1n) is 15.1. The number of nitrogens with zero attached hydrogens (tertiary/aromatic N) is 4. The number of allylic oxidation sites excluding steroid dienone is 2. The van der Waals surface area contributed by atoms with Gasteiger partial charge in [0.15, 0.2) is 23.0 Å². The minimum absolute atomic E-state index is 0.129. The second kappa shape index (κ2) is 13.3. The molecule has 0 saturated carbocycles. The van der Waals surface area contributed by atoms with Crippen molar-refractivity contribution in [2.75, 3.05) is 34.0 Å². The number of hydrogen-bond donors (Lipinski definition) is 1. The SMILES string of the molecule is C/C=C/C1=CN2C(=O)c3cc(OC)c(OCCCOc4cc5c(cc4OC)C(=O)N4C=C(C#CCN)C[C@H]4C=N5)cc3N=C[C@@H]2C1. The van der Waals surface area contributed by atoms with Crippen LogP contribution in [0.25, 0.3) is 0 Å². The predicted octanol–water partition coefficient (Wildman–Crippen LogP) is 4.72. The van der Waals surface area contributed by atoms with Crippen molar-refractivity contribution in [2.24, 2.45) is 15.7 Å². The lowest BCUT2D eigenvalue weighted by Gasteiger charge is -2.19. The van der Waals surface area contributed by atoms with Crippen LogP contribution in [0.1, 0.15) is 46.9 Å². The van der Waals surface area contributed by atoms with E-state index in [-0.39, 0.29) is 30.4 Å². The Bertz CT molecular complexity index is 1780. The highest BCUT2D eigenvalue weighted by molar-refractivity contribution is 6.05. The molecule has 0 fully saturated rings. The number of aliphatic imine (C=N–C) groups is 2. The minimum atomic E-state index is -0.215. The topological polar surface area (TPSA) is 128 Å². The molecule has 2 N–H and O–H groups in total. The van der Waals surface area contributed by atoms with Crippen molar-refractivity contribution in [1.29, 1.82) is 0 Å². The summed E-state index contributed by atoms with van der Waals surface area (Å²) in [5, 5.41) is 0. The van der Waals surface area contributed by atoms with Crippen LogP contribution in [0.2, 0.25) is 0 Å². The van der Waals surface area contributed by atoms with E-state index in [1.807, 2.05) is 31.5 Å². The Morgan fingerprint density at radius 1 is 0.848 bits per heavy atom. The lowest BCUT2D eigenvalue weighted by molar-refractivity contribution is 0.0809. The molecule has 2 aromatic rings. The van der Waals surface area contributed by atoms with E-state index in [0.717, 1.165) is 11.1 Å². The van der Waals surface area contributed by atoms with Gasteiger partial charge in [0, 0.05) is 55.4 Å². The van der Waals surface area contributed by atoms with Crippen LogP contribution in [0.4, 0.5) is 11.4 Å². The fourth-order valence-electron chi connectivity index (χ4n) is 5.78. The van der Waals surface area contributed by atoms with Crippen LogP contribution in [0.5, 0.6) is 23.0 Å². The zero-order valence-electron chi connectivity index (χ0n) is 26.0. The molecule has 6 rings (SSSR count). The Kier molecular flexibility index (Phi) is 8.90. The summed E-state index contributed by atoms with van der Waals surface area (Å²) < 4.78 is 23.2. The van der Waals surface area contributed by atoms with Gasteiger partial charge in [-0.05, 0) is 31.1 Å². The molecule has 0 radical (unpaired) electrons.